The lowest BCUT2D eigenvalue weighted by molar-refractivity contribution is 0.0501. The van der Waals surface area contributed by atoms with Crippen molar-refractivity contribution in [1.29, 1.82) is 0 Å². The molecule has 1 rings (SSSR count). The molecule has 22 heavy (non-hydrogen) atoms. The zero-order chi connectivity index (χ0) is 16.5. The molecule has 0 saturated carbocycles. The van der Waals surface area contributed by atoms with Crippen molar-refractivity contribution in [3.05, 3.63) is 33.6 Å². The van der Waals surface area contributed by atoms with E-state index in [1.807, 2.05) is 25.5 Å². The molecule has 0 heterocycles. The van der Waals surface area contributed by atoms with Gasteiger partial charge in [-0.15, -0.1) is 23.5 Å². The minimum atomic E-state index is -0.128. The van der Waals surface area contributed by atoms with Gasteiger partial charge in [0.15, 0.2) is 12.6 Å². The highest BCUT2D eigenvalue weighted by Gasteiger charge is 2.20. The molecule has 0 aliphatic carbocycles. The number of ketones is 1. The summed E-state index contributed by atoms with van der Waals surface area (Å²) >= 11 is 3.07. The zero-order valence-electron chi connectivity index (χ0n) is 13.6. The summed E-state index contributed by atoms with van der Waals surface area (Å²) in [5.41, 5.74) is 1.42. The lowest BCUT2D eigenvalue weighted by atomic mass is 10.0. The van der Waals surface area contributed by atoms with E-state index in [0.717, 1.165) is 16.2 Å². The second-order valence-corrected chi connectivity index (χ2v) is 6.23. The van der Waals surface area contributed by atoms with E-state index in [-0.39, 0.29) is 12.6 Å². The number of rotatable bonds is 9. The monoisotopic (exact) mass is 342 g/mol. The SMILES string of the molecule is CCc1ccc(OCOC)c(C(=O)C=C(SC)SC)c1OC. The average Bonchev–Trinajstić information content (AvgIpc) is 2.56. The summed E-state index contributed by atoms with van der Waals surface area (Å²) in [4.78, 5) is 12.7. The topological polar surface area (TPSA) is 44.8 Å². The second-order valence-electron chi connectivity index (χ2n) is 4.27. The van der Waals surface area contributed by atoms with Crippen LogP contribution >= 0.6 is 23.5 Å². The molecule has 1 aromatic rings. The highest BCUT2D eigenvalue weighted by Crippen LogP contribution is 2.35. The van der Waals surface area contributed by atoms with Crippen LogP contribution in [-0.2, 0) is 11.2 Å². The summed E-state index contributed by atoms with van der Waals surface area (Å²) in [7, 11) is 3.11. The van der Waals surface area contributed by atoms with E-state index < -0.39 is 0 Å². The van der Waals surface area contributed by atoms with Crippen molar-refractivity contribution in [3.8, 4) is 11.5 Å². The number of aryl methyl sites for hydroxylation is 1. The van der Waals surface area contributed by atoms with Gasteiger partial charge in [0.1, 0.15) is 17.1 Å². The van der Waals surface area contributed by atoms with Gasteiger partial charge < -0.3 is 14.2 Å². The molecule has 1 aromatic carbocycles. The third kappa shape index (κ3) is 4.69. The zero-order valence-corrected chi connectivity index (χ0v) is 15.2. The van der Waals surface area contributed by atoms with Crippen molar-refractivity contribution >= 4 is 29.3 Å². The maximum atomic E-state index is 12.7. The largest absolute Gasteiger partial charge is 0.496 e. The lowest BCUT2D eigenvalue weighted by Gasteiger charge is -2.16. The smallest absolute Gasteiger partial charge is 0.194 e. The van der Waals surface area contributed by atoms with Crippen LogP contribution in [0, 0.1) is 0 Å². The third-order valence-electron chi connectivity index (χ3n) is 3.02. The molecule has 6 heteroatoms. The molecule has 4 nitrogen and oxygen atoms in total. The Morgan fingerprint density at radius 2 is 1.91 bits per heavy atom. The number of allylic oxidation sites excluding steroid dienone is 1. The fourth-order valence-corrected chi connectivity index (χ4v) is 3.09. The molecule has 0 unspecified atom stereocenters. The molecule has 0 aliphatic heterocycles. The number of ether oxygens (including phenoxy) is 3. The molecule has 122 valence electrons. The highest BCUT2D eigenvalue weighted by molar-refractivity contribution is 8.21. The quantitative estimate of drug-likeness (QED) is 0.384. The van der Waals surface area contributed by atoms with Crippen LogP contribution in [0.4, 0.5) is 0 Å². The molecule has 0 spiro atoms. The van der Waals surface area contributed by atoms with E-state index >= 15 is 0 Å². The molecule has 0 aromatic heterocycles. The number of thioether (sulfide) groups is 2. The Balaban J connectivity index is 3.38. The number of methoxy groups -OCH3 is 2. The summed E-state index contributed by atoms with van der Waals surface area (Å²) in [6.07, 6.45) is 6.28. The molecular weight excluding hydrogens is 320 g/mol. The average molecular weight is 342 g/mol. The first-order chi connectivity index (χ1) is 10.6. The van der Waals surface area contributed by atoms with Gasteiger partial charge in [-0.3, -0.25) is 4.79 Å². The molecule has 0 atom stereocenters. The summed E-state index contributed by atoms with van der Waals surface area (Å²) in [6, 6.07) is 3.70. The third-order valence-corrected chi connectivity index (χ3v) is 5.06. The van der Waals surface area contributed by atoms with Crippen molar-refractivity contribution in [2.75, 3.05) is 33.5 Å². The van der Waals surface area contributed by atoms with Crippen LogP contribution in [-0.4, -0.2) is 39.3 Å². The van der Waals surface area contributed by atoms with Crippen molar-refractivity contribution in [2.45, 2.75) is 13.3 Å². The molecule has 0 amide bonds. The molecule has 0 fully saturated rings. The van der Waals surface area contributed by atoms with E-state index in [1.165, 1.54) is 23.5 Å². The van der Waals surface area contributed by atoms with Crippen LogP contribution in [0.2, 0.25) is 0 Å². The Morgan fingerprint density at radius 1 is 1.23 bits per heavy atom. The number of benzene rings is 1. The summed E-state index contributed by atoms with van der Waals surface area (Å²) in [6.45, 7) is 2.10. The lowest BCUT2D eigenvalue weighted by Crippen LogP contribution is -2.08. The van der Waals surface area contributed by atoms with Crippen molar-refractivity contribution in [2.24, 2.45) is 0 Å². The van der Waals surface area contributed by atoms with Gasteiger partial charge in [0, 0.05) is 17.4 Å². The normalized spacial score (nSPS) is 10.2. The highest BCUT2D eigenvalue weighted by atomic mass is 32.2. The second kappa shape index (κ2) is 9.82. The van der Waals surface area contributed by atoms with Crippen LogP contribution in [0.15, 0.2) is 22.4 Å². The van der Waals surface area contributed by atoms with Gasteiger partial charge >= 0.3 is 0 Å². The van der Waals surface area contributed by atoms with Gasteiger partial charge in [-0.05, 0) is 30.6 Å². The predicted molar refractivity (Wildman–Crippen MR) is 94.3 cm³/mol. The first kappa shape index (κ1) is 18.9. The fourth-order valence-electron chi connectivity index (χ4n) is 1.98. The Kier molecular flexibility index (Phi) is 8.45. The number of hydrogen-bond donors (Lipinski definition) is 0. The maximum absolute atomic E-state index is 12.7. The minimum absolute atomic E-state index is 0.0799. The standard InChI is InChI=1S/C16H22O4S2/c1-6-11-7-8-13(20-10-18-2)15(16(11)19-3)12(17)9-14(21-4)22-5/h7-9H,6,10H2,1-5H3. The molecule has 0 N–H and O–H groups in total. The summed E-state index contributed by atoms with van der Waals surface area (Å²) in [5.74, 6) is 0.912. The Morgan fingerprint density at radius 3 is 2.41 bits per heavy atom. The number of hydrogen-bond acceptors (Lipinski definition) is 6. The maximum Gasteiger partial charge on any atom is 0.194 e. The molecular formula is C16H22O4S2. The van der Waals surface area contributed by atoms with Gasteiger partial charge in [0.05, 0.1) is 7.11 Å². The van der Waals surface area contributed by atoms with Crippen molar-refractivity contribution < 1.29 is 19.0 Å². The first-order valence-electron chi connectivity index (χ1n) is 6.78. The summed E-state index contributed by atoms with van der Waals surface area (Å²) < 4.78 is 16.9. The summed E-state index contributed by atoms with van der Waals surface area (Å²) in [5, 5.41) is 0. The molecule has 0 aliphatic rings. The van der Waals surface area contributed by atoms with Crippen molar-refractivity contribution in [3.63, 3.8) is 0 Å². The Hall–Kier alpha value is -1.11. The van der Waals surface area contributed by atoms with Crippen LogP contribution in [0.25, 0.3) is 0 Å². The first-order valence-corrected chi connectivity index (χ1v) is 9.23. The molecule has 0 bridgehead atoms. The molecule has 0 radical (unpaired) electrons. The van der Waals surface area contributed by atoms with Crippen LogP contribution in [0.1, 0.15) is 22.8 Å². The fraction of sp³-hybridized carbons (Fsp3) is 0.438. The van der Waals surface area contributed by atoms with E-state index in [9.17, 15) is 4.79 Å². The van der Waals surface area contributed by atoms with Crippen LogP contribution < -0.4 is 9.47 Å². The minimum Gasteiger partial charge on any atom is -0.496 e. The van der Waals surface area contributed by atoms with Gasteiger partial charge in [-0.25, -0.2) is 0 Å². The Bertz CT molecular complexity index is 535. The molecule has 0 saturated heterocycles. The van der Waals surface area contributed by atoms with E-state index in [1.54, 1.807) is 26.4 Å². The van der Waals surface area contributed by atoms with E-state index in [0.29, 0.717) is 17.1 Å². The number of carbonyl (C=O) groups excluding carboxylic acids is 1. The van der Waals surface area contributed by atoms with E-state index in [2.05, 4.69) is 0 Å². The number of carbonyl (C=O) groups is 1. The van der Waals surface area contributed by atoms with Gasteiger partial charge in [-0.2, -0.15) is 0 Å². The van der Waals surface area contributed by atoms with Gasteiger partial charge in [-0.1, -0.05) is 13.0 Å². The predicted octanol–water partition coefficient (Wildman–Crippen LogP) is 3.99. The van der Waals surface area contributed by atoms with Crippen molar-refractivity contribution in [1.82, 2.24) is 0 Å². The van der Waals surface area contributed by atoms with Crippen LogP contribution in [0.3, 0.4) is 0 Å². The Labute approximate surface area is 140 Å². The van der Waals surface area contributed by atoms with E-state index in [4.69, 9.17) is 14.2 Å². The van der Waals surface area contributed by atoms with Gasteiger partial charge in [0.25, 0.3) is 0 Å². The van der Waals surface area contributed by atoms with Gasteiger partial charge in [0.2, 0.25) is 0 Å². The van der Waals surface area contributed by atoms with Crippen LogP contribution in [0.5, 0.6) is 11.5 Å².